The van der Waals surface area contributed by atoms with Gasteiger partial charge in [-0.05, 0) is 41.7 Å². The second kappa shape index (κ2) is 13.2. The molecule has 3 aromatic rings. The first-order chi connectivity index (χ1) is 16.5. The second-order valence-corrected chi connectivity index (χ2v) is 9.07. The highest BCUT2D eigenvalue weighted by molar-refractivity contribution is 6.42. The molecule has 0 saturated heterocycles. The fourth-order valence-electron chi connectivity index (χ4n) is 3.79. The maximum Gasteiger partial charge on any atom is 0.243 e. The molecular formula is C28H30Cl2N2O2. The average molecular weight is 497 g/mol. The third-order valence-electron chi connectivity index (χ3n) is 5.63. The third-order valence-corrected chi connectivity index (χ3v) is 6.37. The maximum absolute atomic E-state index is 13.6. The van der Waals surface area contributed by atoms with Crippen molar-refractivity contribution >= 4 is 35.0 Å². The minimum absolute atomic E-state index is 0.0810. The largest absolute Gasteiger partial charge is 0.354 e. The van der Waals surface area contributed by atoms with Crippen molar-refractivity contribution in [2.45, 2.75) is 45.2 Å². The van der Waals surface area contributed by atoms with Gasteiger partial charge in [0.2, 0.25) is 11.8 Å². The molecule has 3 rings (SSSR count). The van der Waals surface area contributed by atoms with Crippen molar-refractivity contribution in [2.24, 2.45) is 0 Å². The molecule has 0 aliphatic rings. The molecule has 1 unspecified atom stereocenters. The highest BCUT2D eigenvalue weighted by Crippen LogP contribution is 2.24. The number of rotatable bonds is 11. The van der Waals surface area contributed by atoms with Gasteiger partial charge in [0.25, 0.3) is 0 Å². The molecular weight excluding hydrogens is 467 g/mol. The molecule has 0 fully saturated rings. The van der Waals surface area contributed by atoms with Crippen LogP contribution in [0.15, 0.2) is 78.9 Å². The molecule has 0 spiro atoms. The summed E-state index contributed by atoms with van der Waals surface area (Å²) in [6.07, 6.45) is 2.15. The predicted octanol–water partition coefficient (Wildman–Crippen LogP) is 6.09. The number of carbonyl (C=O) groups excluding carboxylic acids is 2. The molecule has 2 amide bonds. The van der Waals surface area contributed by atoms with Gasteiger partial charge in [0.15, 0.2) is 0 Å². The van der Waals surface area contributed by atoms with Crippen molar-refractivity contribution in [3.05, 3.63) is 106 Å². The van der Waals surface area contributed by atoms with Crippen molar-refractivity contribution < 1.29 is 9.59 Å². The van der Waals surface area contributed by atoms with Crippen molar-refractivity contribution in [1.29, 1.82) is 0 Å². The van der Waals surface area contributed by atoms with Gasteiger partial charge < -0.3 is 10.2 Å². The van der Waals surface area contributed by atoms with E-state index in [9.17, 15) is 9.59 Å². The monoisotopic (exact) mass is 496 g/mol. The van der Waals surface area contributed by atoms with Gasteiger partial charge in [0.1, 0.15) is 6.04 Å². The Balaban J connectivity index is 1.90. The summed E-state index contributed by atoms with van der Waals surface area (Å²) in [6, 6.07) is 24.3. The second-order valence-electron chi connectivity index (χ2n) is 8.25. The Kier molecular flexibility index (Phi) is 9.99. The standard InChI is InChI=1S/C28H30Cl2N2O2/c1-2-17-31-28(34)26(19-22-11-7-4-8-12-22)32(20-23-13-15-24(29)25(30)18-23)27(33)16-14-21-9-5-3-6-10-21/h3-13,15,18,26H,2,14,16-17,19-20H2,1H3,(H,31,34). The summed E-state index contributed by atoms with van der Waals surface area (Å²) >= 11 is 12.3. The molecule has 1 atom stereocenters. The quantitative estimate of drug-likeness (QED) is 0.349. The zero-order valence-corrected chi connectivity index (χ0v) is 20.9. The SMILES string of the molecule is CCCNC(=O)C(Cc1ccccc1)N(Cc1ccc(Cl)c(Cl)c1)C(=O)CCc1ccccc1. The Morgan fingerprint density at radius 1 is 0.853 bits per heavy atom. The molecule has 0 radical (unpaired) electrons. The summed E-state index contributed by atoms with van der Waals surface area (Å²) < 4.78 is 0. The lowest BCUT2D eigenvalue weighted by molar-refractivity contribution is -0.141. The van der Waals surface area contributed by atoms with Gasteiger partial charge in [-0.1, -0.05) is 96.9 Å². The Morgan fingerprint density at radius 2 is 1.50 bits per heavy atom. The number of hydrogen-bond acceptors (Lipinski definition) is 2. The number of nitrogens with zero attached hydrogens (tertiary/aromatic N) is 1. The topological polar surface area (TPSA) is 49.4 Å². The number of hydrogen-bond donors (Lipinski definition) is 1. The van der Waals surface area contributed by atoms with Crippen LogP contribution in [0.4, 0.5) is 0 Å². The molecule has 1 N–H and O–H groups in total. The third kappa shape index (κ3) is 7.61. The van der Waals surface area contributed by atoms with E-state index in [2.05, 4.69) is 5.32 Å². The first-order valence-electron chi connectivity index (χ1n) is 11.6. The highest BCUT2D eigenvalue weighted by atomic mass is 35.5. The average Bonchev–Trinajstić information content (AvgIpc) is 2.86. The number of aryl methyl sites for hydroxylation is 1. The van der Waals surface area contributed by atoms with Crippen molar-refractivity contribution in [3.63, 3.8) is 0 Å². The summed E-state index contributed by atoms with van der Waals surface area (Å²) in [7, 11) is 0. The van der Waals surface area contributed by atoms with Crippen LogP contribution in [-0.2, 0) is 29.0 Å². The first-order valence-corrected chi connectivity index (χ1v) is 12.3. The number of amides is 2. The fraction of sp³-hybridized carbons (Fsp3) is 0.286. The summed E-state index contributed by atoms with van der Waals surface area (Å²) in [6.45, 7) is 2.83. The molecule has 3 aromatic carbocycles. The van der Waals surface area contributed by atoms with Crippen LogP contribution in [0.25, 0.3) is 0 Å². The van der Waals surface area contributed by atoms with E-state index in [-0.39, 0.29) is 18.4 Å². The number of halogens is 2. The minimum Gasteiger partial charge on any atom is -0.354 e. The van der Waals surface area contributed by atoms with Crippen LogP contribution < -0.4 is 5.32 Å². The smallest absolute Gasteiger partial charge is 0.243 e. The number of benzene rings is 3. The Morgan fingerprint density at radius 3 is 2.12 bits per heavy atom. The Labute approximate surface area is 211 Å². The lowest BCUT2D eigenvalue weighted by Gasteiger charge is -2.32. The first kappa shape index (κ1) is 25.8. The van der Waals surface area contributed by atoms with Gasteiger partial charge >= 0.3 is 0 Å². The predicted molar refractivity (Wildman–Crippen MR) is 139 cm³/mol. The summed E-state index contributed by atoms with van der Waals surface area (Å²) in [5, 5.41) is 3.86. The Hall–Kier alpha value is -2.82. The van der Waals surface area contributed by atoms with Gasteiger partial charge in [-0.15, -0.1) is 0 Å². The van der Waals surface area contributed by atoms with Gasteiger partial charge in [-0.2, -0.15) is 0 Å². The molecule has 0 aromatic heterocycles. The van der Waals surface area contributed by atoms with E-state index in [1.807, 2.05) is 73.7 Å². The van der Waals surface area contributed by atoms with Gasteiger partial charge in [-0.25, -0.2) is 0 Å². The molecule has 0 bridgehead atoms. The Bertz CT molecular complexity index is 1070. The molecule has 0 aliphatic heterocycles. The van der Waals surface area contributed by atoms with Crippen LogP contribution in [0.1, 0.15) is 36.5 Å². The normalized spacial score (nSPS) is 11.6. The van der Waals surface area contributed by atoms with Crippen LogP contribution in [0, 0.1) is 0 Å². The summed E-state index contributed by atoms with van der Waals surface area (Å²) in [5.41, 5.74) is 2.90. The summed E-state index contributed by atoms with van der Waals surface area (Å²) in [4.78, 5) is 28.5. The number of nitrogens with one attached hydrogen (secondary N) is 1. The van der Waals surface area contributed by atoms with Crippen molar-refractivity contribution in [1.82, 2.24) is 10.2 Å². The van der Waals surface area contributed by atoms with Crippen LogP contribution in [0.3, 0.4) is 0 Å². The van der Waals surface area contributed by atoms with Gasteiger partial charge in [0, 0.05) is 25.9 Å². The van der Waals surface area contributed by atoms with E-state index in [1.165, 1.54) is 0 Å². The molecule has 0 heterocycles. The van der Waals surface area contributed by atoms with Crippen LogP contribution >= 0.6 is 23.2 Å². The zero-order valence-electron chi connectivity index (χ0n) is 19.3. The van der Waals surface area contributed by atoms with Crippen molar-refractivity contribution in [3.8, 4) is 0 Å². The van der Waals surface area contributed by atoms with E-state index in [0.29, 0.717) is 35.9 Å². The maximum atomic E-state index is 13.6. The molecule has 4 nitrogen and oxygen atoms in total. The van der Waals surface area contributed by atoms with E-state index < -0.39 is 6.04 Å². The van der Waals surface area contributed by atoms with E-state index >= 15 is 0 Å². The van der Waals surface area contributed by atoms with Crippen LogP contribution in [0.5, 0.6) is 0 Å². The molecule has 6 heteroatoms. The molecule has 178 valence electrons. The van der Waals surface area contributed by atoms with Gasteiger partial charge in [0.05, 0.1) is 10.0 Å². The lowest BCUT2D eigenvalue weighted by atomic mass is 10.0. The van der Waals surface area contributed by atoms with Crippen LogP contribution in [-0.4, -0.2) is 29.3 Å². The van der Waals surface area contributed by atoms with E-state index in [0.717, 1.165) is 23.1 Å². The number of carbonyl (C=O) groups is 2. The molecule has 0 aliphatic carbocycles. The minimum atomic E-state index is -0.647. The van der Waals surface area contributed by atoms with E-state index in [1.54, 1.807) is 17.0 Å². The molecule has 34 heavy (non-hydrogen) atoms. The lowest BCUT2D eigenvalue weighted by Crippen LogP contribution is -2.50. The van der Waals surface area contributed by atoms with Gasteiger partial charge in [-0.3, -0.25) is 9.59 Å². The summed E-state index contributed by atoms with van der Waals surface area (Å²) in [5.74, 6) is -0.235. The zero-order chi connectivity index (χ0) is 24.3. The van der Waals surface area contributed by atoms with E-state index in [4.69, 9.17) is 23.2 Å². The fourth-order valence-corrected chi connectivity index (χ4v) is 4.11. The molecule has 0 saturated carbocycles. The van der Waals surface area contributed by atoms with Crippen LogP contribution in [0.2, 0.25) is 10.0 Å². The van der Waals surface area contributed by atoms with Crippen molar-refractivity contribution in [2.75, 3.05) is 6.54 Å². The highest BCUT2D eigenvalue weighted by Gasteiger charge is 2.30.